The molecule has 128 valence electrons. The van der Waals surface area contributed by atoms with Gasteiger partial charge >= 0.3 is 0 Å². The Labute approximate surface area is 146 Å². The van der Waals surface area contributed by atoms with Crippen LogP contribution < -0.4 is 5.56 Å². The third kappa shape index (κ3) is 3.72. The van der Waals surface area contributed by atoms with Gasteiger partial charge in [0.1, 0.15) is 5.82 Å². The summed E-state index contributed by atoms with van der Waals surface area (Å²) in [6.45, 7) is 1.69. The van der Waals surface area contributed by atoms with Crippen LogP contribution in [0, 0.1) is 12.7 Å². The Kier molecular flexibility index (Phi) is 4.87. The Morgan fingerprint density at radius 2 is 1.76 bits per heavy atom. The van der Waals surface area contributed by atoms with Crippen LogP contribution in [-0.4, -0.2) is 18.5 Å². The minimum atomic E-state index is -2.14. The number of hydrogen-bond acceptors (Lipinski definition) is 4. The standard InChI is InChI=1S/C18H15FN2O3S/c1-12-17(14-4-2-13(3-5-14)11-25(23)24)10-20-21(18(12)22)16-8-6-15(19)7-9-16/h2-10H,11H2,1H3,(H,23,24)/p-1. The zero-order valence-corrected chi connectivity index (χ0v) is 14.1. The Balaban J connectivity index is 1.99. The molecule has 0 aliphatic rings. The second-order valence-electron chi connectivity index (χ2n) is 5.52. The third-order valence-electron chi connectivity index (χ3n) is 3.84. The topological polar surface area (TPSA) is 75.0 Å². The maximum atomic E-state index is 13.0. The molecule has 1 heterocycles. The molecule has 0 amide bonds. The van der Waals surface area contributed by atoms with Crippen LogP contribution in [0.25, 0.3) is 16.8 Å². The van der Waals surface area contributed by atoms with E-state index in [0.717, 1.165) is 5.56 Å². The second kappa shape index (κ2) is 7.08. The van der Waals surface area contributed by atoms with Gasteiger partial charge in [-0.05, 0) is 42.3 Å². The molecule has 0 N–H and O–H groups in total. The highest BCUT2D eigenvalue weighted by Gasteiger charge is 2.10. The van der Waals surface area contributed by atoms with E-state index in [1.165, 1.54) is 28.9 Å². The van der Waals surface area contributed by atoms with Crippen LogP contribution in [0.5, 0.6) is 0 Å². The molecule has 7 heteroatoms. The predicted molar refractivity (Wildman–Crippen MR) is 92.6 cm³/mol. The minimum absolute atomic E-state index is 0.0519. The molecular weight excluding hydrogens is 343 g/mol. The van der Waals surface area contributed by atoms with Crippen molar-refractivity contribution >= 4 is 11.1 Å². The van der Waals surface area contributed by atoms with Crippen molar-refractivity contribution in [2.45, 2.75) is 12.7 Å². The molecule has 0 radical (unpaired) electrons. The average Bonchev–Trinajstić information content (AvgIpc) is 2.59. The van der Waals surface area contributed by atoms with Crippen LogP contribution in [0.15, 0.2) is 59.5 Å². The highest BCUT2D eigenvalue weighted by atomic mass is 32.2. The van der Waals surface area contributed by atoms with E-state index in [4.69, 9.17) is 0 Å². The summed E-state index contributed by atoms with van der Waals surface area (Å²) in [4.78, 5) is 12.6. The summed E-state index contributed by atoms with van der Waals surface area (Å²) in [6, 6.07) is 12.4. The van der Waals surface area contributed by atoms with E-state index < -0.39 is 11.1 Å². The SMILES string of the molecule is Cc1c(-c2ccc(CS(=O)[O-])cc2)cnn(-c2ccc(F)cc2)c1=O. The first kappa shape index (κ1) is 17.2. The summed E-state index contributed by atoms with van der Waals surface area (Å²) in [5.41, 5.74) is 2.79. The number of aromatic nitrogens is 2. The maximum absolute atomic E-state index is 13.0. The molecule has 0 saturated carbocycles. The van der Waals surface area contributed by atoms with Crippen LogP contribution in [0.1, 0.15) is 11.1 Å². The van der Waals surface area contributed by atoms with Gasteiger partial charge in [0.2, 0.25) is 0 Å². The Bertz CT molecular complexity index is 983. The van der Waals surface area contributed by atoms with E-state index in [1.54, 1.807) is 37.4 Å². The molecule has 3 aromatic rings. The summed E-state index contributed by atoms with van der Waals surface area (Å²) in [5, 5.41) is 4.17. The molecule has 3 rings (SSSR count). The molecular formula is C18H14FN2O3S-. The molecule has 1 atom stereocenters. The normalized spacial score (nSPS) is 12.1. The third-order valence-corrected chi connectivity index (χ3v) is 4.41. The first-order valence-electron chi connectivity index (χ1n) is 7.46. The van der Waals surface area contributed by atoms with E-state index in [2.05, 4.69) is 5.10 Å². The molecule has 0 fully saturated rings. The smallest absolute Gasteiger partial charge is 0.275 e. The number of nitrogens with zero attached hydrogens (tertiary/aromatic N) is 2. The minimum Gasteiger partial charge on any atom is -0.772 e. The fourth-order valence-electron chi connectivity index (χ4n) is 2.51. The van der Waals surface area contributed by atoms with Crippen LogP contribution in [0.4, 0.5) is 4.39 Å². The molecule has 1 unspecified atom stereocenters. The van der Waals surface area contributed by atoms with Crippen molar-refractivity contribution < 1.29 is 13.2 Å². The quantitative estimate of drug-likeness (QED) is 0.673. The number of benzene rings is 2. The fourth-order valence-corrected chi connectivity index (χ4v) is 2.98. The molecule has 25 heavy (non-hydrogen) atoms. The number of rotatable bonds is 4. The van der Waals surface area contributed by atoms with Gasteiger partial charge in [-0.2, -0.15) is 9.78 Å². The lowest BCUT2D eigenvalue weighted by molar-refractivity contribution is 0.536. The van der Waals surface area contributed by atoms with Gasteiger partial charge < -0.3 is 4.55 Å². The molecule has 0 spiro atoms. The molecule has 0 saturated heterocycles. The van der Waals surface area contributed by atoms with E-state index >= 15 is 0 Å². The molecule has 2 aromatic carbocycles. The van der Waals surface area contributed by atoms with Crippen molar-refractivity contribution in [1.82, 2.24) is 9.78 Å². The lowest BCUT2D eigenvalue weighted by Gasteiger charge is -2.11. The monoisotopic (exact) mass is 357 g/mol. The maximum Gasteiger partial charge on any atom is 0.275 e. The van der Waals surface area contributed by atoms with Crippen molar-refractivity contribution in [1.29, 1.82) is 0 Å². The molecule has 5 nitrogen and oxygen atoms in total. The fraction of sp³-hybridized carbons (Fsp3) is 0.111. The molecule has 1 aromatic heterocycles. The van der Waals surface area contributed by atoms with Crippen LogP contribution in [0.2, 0.25) is 0 Å². The van der Waals surface area contributed by atoms with Crippen molar-refractivity contribution in [3.63, 3.8) is 0 Å². The first-order valence-corrected chi connectivity index (χ1v) is 8.70. The van der Waals surface area contributed by atoms with Crippen LogP contribution in [0.3, 0.4) is 0 Å². The summed E-state index contributed by atoms with van der Waals surface area (Å²) in [7, 11) is 0. The van der Waals surface area contributed by atoms with Gasteiger partial charge in [0.25, 0.3) is 5.56 Å². The second-order valence-corrected chi connectivity index (χ2v) is 6.42. The van der Waals surface area contributed by atoms with Crippen molar-refractivity contribution in [3.8, 4) is 16.8 Å². The van der Waals surface area contributed by atoms with Crippen molar-refractivity contribution in [2.24, 2.45) is 0 Å². The van der Waals surface area contributed by atoms with Gasteiger partial charge in [0.15, 0.2) is 0 Å². The molecule has 0 aliphatic heterocycles. The van der Waals surface area contributed by atoms with Gasteiger partial charge in [0.05, 0.1) is 11.9 Å². The summed E-state index contributed by atoms with van der Waals surface area (Å²) in [5.74, 6) is -0.437. The summed E-state index contributed by atoms with van der Waals surface area (Å²) >= 11 is -2.14. The Hall–Kier alpha value is -2.64. The lowest BCUT2D eigenvalue weighted by Crippen LogP contribution is -2.23. The van der Waals surface area contributed by atoms with Gasteiger partial charge in [-0.1, -0.05) is 35.3 Å². The highest BCUT2D eigenvalue weighted by molar-refractivity contribution is 7.78. The van der Waals surface area contributed by atoms with E-state index in [1.807, 2.05) is 0 Å². The van der Waals surface area contributed by atoms with E-state index in [0.29, 0.717) is 22.4 Å². The van der Waals surface area contributed by atoms with E-state index in [9.17, 15) is 17.9 Å². The van der Waals surface area contributed by atoms with Gasteiger partial charge in [-0.15, -0.1) is 0 Å². The molecule has 0 aliphatic carbocycles. The zero-order valence-electron chi connectivity index (χ0n) is 13.3. The van der Waals surface area contributed by atoms with Gasteiger partial charge in [-0.3, -0.25) is 9.00 Å². The average molecular weight is 357 g/mol. The van der Waals surface area contributed by atoms with Crippen molar-refractivity contribution in [2.75, 3.05) is 0 Å². The zero-order chi connectivity index (χ0) is 18.0. The van der Waals surface area contributed by atoms with E-state index in [-0.39, 0.29) is 17.1 Å². The number of hydrogen-bond donors (Lipinski definition) is 0. The summed E-state index contributed by atoms with van der Waals surface area (Å²) in [6.07, 6.45) is 1.57. The van der Waals surface area contributed by atoms with Crippen LogP contribution >= 0.6 is 0 Å². The van der Waals surface area contributed by atoms with Crippen LogP contribution in [-0.2, 0) is 16.8 Å². The summed E-state index contributed by atoms with van der Waals surface area (Å²) < 4.78 is 35.7. The number of halogens is 1. The highest BCUT2D eigenvalue weighted by Crippen LogP contribution is 2.21. The molecule has 0 bridgehead atoms. The predicted octanol–water partition coefficient (Wildman–Crippen LogP) is 2.73. The van der Waals surface area contributed by atoms with Crippen molar-refractivity contribution in [3.05, 3.63) is 82.0 Å². The Morgan fingerprint density at radius 1 is 1.12 bits per heavy atom. The lowest BCUT2D eigenvalue weighted by atomic mass is 10.0. The largest absolute Gasteiger partial charge is 0.772 e. The van der Waals surface area contributed by atoms with Gasteiger partial charge in [-0.25, -0.2) is 4.39 Å². The van der Waals surface area contributed by atoms with Gasteiger partial charge in [0, 0.05) is 16.9 Å². The first-order chi connectivity index (χ1) is 12.0. The Morgan fingerprint density at radius 3 is 2.36 bits per heavy atom.